The van der Waals surface area contributed by atoms with Crippen molar-refractivity contribution in [1.82, 2.24) is 42.5 Å². The summed E-state index contributed by atoms with van der Waals surface area (Å²) in [6.07, 6.45) is -1.66. The van der Waals surface area contributed by atoms with Gasteiger partial charge in [-0.3, -0.25) is 52.7 Å². The number of nitrogens with two attached hydrogens (primary N) is 1. The third kappa shape index (κ3) is 21.0. The maximum atomic E-state index is 14.1. The van der Waals surface area contributed by atoms with E-state index in [1.54, 1.807) is 78.8 Å². The largest absolute Gasteiger partial charge is 0.481 e. The molecule has 1 aromatic rings. The van der Waals surface area contributed by atoms with E-state index in [1.807, 2.05) is 6.92 Å². The molecule has 1 rings (SSSR count). The molecule has 8 amide bonds. The molecule has 0 aliphatic heterocycles. The van der Waals surface area contributed by atoms with E-state index in [2.05, 4.69) is 42.5 Å². The highest BCUT2D eigenvalue weighted by Crippen LogP contribution is 2.12. The Bertz CT molecular complexity index is 1960. The van der Waals surface area contributed by atoms with E-state index in [4.69, 9.17) is 5.73 Å². The topological polar surface area (TPSA) is 371 Å². The molecule has 13 N–H and O–H groups in total. The second-order valence-electron chi connectivity index (χ2n) is 18.1. The van der Waals surface area contributed by atoms with E-state index in [1.165, 1.54) is 13.8 Å². The summed E-state index contributed by atoms with van der Waals surface area (Å²) in [4.78, 5) is 143. The SMILES string of the molecule is CC[C@H](C)[C@H](N)C(=O)N[C@@H](CCC(=O)O)C(=O)N[C@@H](Cc1ccccc1)C(=O)N[C@@H](CCC(=O)O)C(=O)N[C@H](C(=O)N[C@H](C(=O)N[C@@H](C)C(=O)N[C@H](C(=O)N[C@@H](C)C(=O)O)C(C)C)C(C)C)C(C)C. The van der Waals surface area contributed by atoms with Crippen LogP contribution in [0.4, 0.5) is 0 Å². The van der Waals surface area contributed by atoms with Crippen LogP contribution >= 0.6 is 0 Å². The second kappa shape index (κ2) is 29.3. The van der Waals surface area contributed by atoms with Gasteiger partial charge in [0, 0.05) is 19.3 Å². The summed E-state index contributed by atoms with van der Waals surface area (Å²) in [6, 6.07) is -3.54. The van der Waals surface area contributed by atoms with Gasteiger partial charge in [0.05, 0.1) is 6.04 Å². The molecule has 23 nitrogen and oxygen atoms in total. The highest BCUT2D eigenvalue weighted by atomic mass is 16.4. The highest BCUT2D eigenvalue weighted by molar-refractivity contribution is 5.98. The Morgan fingerprint density at radius 1 is 0.464 bits per heavy atom. The van der Waals surface area contributed by atoms with E-state index in [0.29, 0.717) is 12.0 Å². The minimum absolute atomic E-state index is 0.173. The summed E-state index contributed by atoms with van der Waals surface area (Å²) in [7, 11) is 0. The summed E-state index contributed by atoms with van der Waals surface area (Å²) in [5.74, 6) is -12.7. The van der Waals surface area contributed by atoms with Gasteiger partial charge in [-0.05, 0) is 55.9 Å². The van der Waals surface area contributed by atoms with Crippen LogP contribution in [0.25, 0.3) is 0 Å². The lowest BCUT2D eigenvalue weighted by Gasteiger charge is -2.30. The predicted octanol–water partition coefficient (Wildman–Crippen LogP) is -0.697. The molecule has 0 spiro atoms. The second-order valence-corrected chi connectivity index (χ2v) is 18.1. The fraction of sp³-hybridized carbons (Fsp3) is 0.630. The van der Waals surface area contributed by atoms with E-state index < -0.39 is 157 Å². The fourth-order valence-electron chi connectivity index (χ4n) is 6.57. The van der Waals surface area contributed by atoms with Gasteiger partial charge >= 0.3 is 17.9 Å². The Kier molecular flexibility index (Phi) is 25.6. The van der Waals surface area contributed by atoms with Crippen molar-refractivity contribution >= 4 is 65.2 Å². The molecule has 0 aliphatic carbocycles. The molecule has 69 heavy (non-hydrogen) atoms. The number of aliphatic carboxylic acids is 3. The molecular formula is C46H73N9O14. The van der Waals surface area contributed by atoms with Gasteiger partial charge in [-0.2, -0.15) is 0 Å². The maximum absolute atomic E-state index is 14.1. The first kappa shape index (κ1) is 60.4. The van der Waals surface area contributed by atoms with Crippen LogP contribution in [-0.2, 0) is 59.2 Å². The number of carbonyl (C=O) groups is 11. The molecule has 0 aromatic heterocycles. The van der Waals surface area contributed by atoms with Gasteiger partial charge in [0.15, 0.2) is 0 Å². The summed E-state index contributed by atoms with van der Waals surface area (Å²) in [5, 5.41) is 48.1. The van der Waals surface area contributed by atoms with Crippen LogP contribution in [-0.4, -0.2) is 135 Å². The van der Waals surface area contributed by atoms with Crippen molar-refractivity contribution in [1.29, 1.82) is 0 Å². The number of carboxylic acids is 3. The van der Waals surface area contributed by atoms with E-state index in [-0.39, 0.29) is 18.8 Å². The number of hydrogen-bond acceptors (Lipinski definition) is 12. The van der Waals surface area contributed by atoms with E-state index >= 15 is 0 Å². The van der Waals surface area contributed by atoms with Crippen LogP contribution in [0.2, 0.25) is 0 Å². The summed E-state index contributed by atoms with van der Waals surface area (Å²) < 4.78 is 0. The average Bonchev–Trinajstić information content (AvgIpc) is 3.27. The van der Waals surface area contributed by atoms with Crippen LogP contribution in [0, 0.1) is 23.7 Å². The first-order valence-electron chi connectivity index (χ1n) is 23.0. The van der Waals surface area contributed by atoms with Gasteiger partial charge in [-0.1, -0.05) is 92.1 Å². The van der Waals surface area contributed by atoms with Crippen LogP contribution in [0.3, 0.4) is 0 Å². The Morgan fingerprint density at radius 2 is 0.826 bits per heavy atom. The summed E-state index contributed by atoms with van der Waals surface area (Å²) in [6.45, 7) is 15.7. The van der Waals surface area contributed by atoms with Crippen LogP contribution < -0.4 is 48.3 Å². The van der Waals surface area contributed by atoms with Crippen molar-refractivity contribution in [3.8, 4) is 0 Å². The zero-order valence-corrected chi connectivity index (χ0v) is 41.0. The minimum Gasteiger partial charge on any atom is -0.481 e. The molecule has 0 fully saturated rings. The van der Waals surface area contributed by atoms with Crippen molar-refractivity contribution in [2.45, 2.75) is 162 Å². The van der Waals surface area contributed by atoms with E-state index in [9.17, 15) is 68.1 Å². The molecule has 10 atom stereocenters. The number of rotatable bonds is 30. The summed E-state index contributed by atoms with van der Waals surface area (Å²) in [5.41, 5.74) is 6.61. The molecule has 0 aliphatic rings. The third-order valence-electron chi connectivity index (χ3n) is 11.3. The number of hydrogen-bond donors (Lipinski definition) is 12. The van der Waals surface area contributed by atoms with Crippen molar-refractivity contribution in [2.75, 3.05) is 0 Å². The molecule has 0 radical (unpaired) electrons. The predicted molar refractivity (Wildman–Crippen MR) is 250 cm³/mol. The van der Waals surface area contributed by atoms with Gasteiger partial charge in [0.1, 0.15) is 48.3 Å². The lowest BCUT2D eigenvalue weighted by molar-refractivity contribution is -0.142. The summed E-state index contributed by atoms with van der Waals surface area (Å²) >= 11 is 0. The smallest absolute Gasteiger partial charge is 0.325 e. The lowest BCUT2D eigenvalue weighted by Crippen LogP contribution is -2.62. The molecule has 0 unspecified atom stereocenters. The first-order chi connectivity index (χ1) is 32.1. The monoisotopic (exact) mass is 976 g/mol. The Balaban J connectivity index is 3.40. The highest BCUT2D eigenvalue weighted by Gasteiger charge is 2.36. The lowest BCUT2D eigenvalue weighted by atomic mass is 9.98. The number of carbonyl (C=O) groups excluding carboxylic acids is 8. The van der Waals surface area contributed by atoms with E-state index in [0.717, 1.165) is 0 Å². The number of carboxylic acid groups (broad SMARTS) is 3. The minimum atomic E-state index is -1.61. The number of benzene rings is 1. The molecule has 386 valence electrons. The van der Waals surface area contributed by atoms with Gasteiger partial charge in [-0.25, -0.2) is 0 Å². The third-order valence-corrected chi connectivity index (χ3v) is 11.3. The van der Waals surface area contributed by atoms with Crippen molar-refractivity contribution in [2.24, 2.45) is 29.4 Å². The number of nitrogens with one attached hydrogen (secondary N) is 8. The zero-order chi connectivity index (χ0) is 52.9. The standard InChI is InChI=1S/C46H73N9O14/c1-11-25(8)34(47)42(64)51-29(17-19-32(56)57)39(61)52-31(21-28-15-13-12-14-16-28)41(63)50-30(18-20-33(58)59)40(62)54-37(24(6)7)45(67)55-36(23(4)5)43(65)48-26(9)38(60)53-35(22(2)3)44(66)49-27(10)46(68)69/h12-16,22-27,29-31,34-37H,11,17-21,47H2,1-10H3,(H,48,65)(H,49,66)(H,50,63)(H,51,64)(H,52,61)(H,53,60)(H,54,62)(H,55,67)(H,56,57)(H,58,59)(H,68,69)/t25-,26-,27-,29-,30-,31-,34-,35-,36-,37-/m0/s1. The Hall–Kier alpha value is -6.65. The molecule has 0 saturated heterocycles. The maximum Gasteiger partial charge on any atom is 0.325 e. The van der Waals surface area contributed by atoms with Gasteiger partial charge in [0.2, 0.25) is 47.3 Å². The fourth-order valence-corrected chi connectivity index (χ4v) is 6.57. The molecule has 23 heteroatoms. The zero-order valence-electron chi connectivity index (χ0n) is 41.0. The molecule has 0 saturated carbocycles. The Labute approximate surface area is 402 Å². The van der Waals surface area contributed by atoms with Crippen LogP contribution in [0.1, 0.15) is 107 Å². The van der Waals surface area contributed by atoms with Crippen molar-refractivity contribution in [3.63, 3.8) is 0 Å². The quantitative estimate of drug-likeness (QED) is 0.0454. The van der Waals surface area contributed by atoms with Gasteiger partial charge in [-0.15, -0.1) is 0 Å². The van der Waals surface area contributed by atoms with Gasteiger partial charge < -0.3 is 63.6 Å². The average molecular weight is 976 g/mol. The normalized spacial score (nSPS) is 15.6. The molecular weight excluding hydrogens is 903 g/mol. The molecule has 1 aromatic carbocycles. The first-order valence-corrected chi connectivity index (χ1v) is 23.0. The molecule has 0 bridgehead atoms. The van der Waals surface area contributed by atoms with Crippen molar-refractivity contribution in [3.05, 3.63) is 35.9 Å². The van der Waals surface area contributed by atoms with Crippen molar-refractivity contribution < 1.29 is 68.1 Å². The number of amides is 8. The van der Waals surface area contributed by atoms with Crippen LogP contribution in [0.5, 0.6) is 0 Å². The molecule has 0 heterocycles. The Morgan fingerprint density at radius 3 is 1.25 bits per heavy atom. The van der Waals surface area contributed by atoms with Crippen LogP contribution in [0.15, 0.2) is 30.3 Å². The van der Waals surface area contributed by atoms with Gasteiger partial charge in [0.25, 0.3) is 0 Å².